The number of pyridine rings is 1. The molecule has 0 aliphatic carbocycles. The van der Waals surface area contributed by atoms with Crippen LogP contribution in [0.3, 0.4) is 0 Å². The lowest BCUT2D eigenvalue weighted by Gasteiger charge is -2.12. The summed E-state index contributed by atoms with van der Waals surface area (Å²) in [6, 6.07) is 3.95. The Hall–Kier alpha value is -1.62. The van der Waals surface area contributed by atoms with Crippen molar-refractivity contribution in [1.82, 2.24) is 10.3 Å². The zero-order valence-corrected chi connectivity index (χ0v) is 12.1. The third-order valence-corrected chi connectivity index (χ3v) is 4.22. The van der Waals surface area contributed by atoms with E-state index >= 15 is 0 Å². The molecular formula is C14H19N3OS. The highest BCUT2D eigenvalue weighted by Gasteiger charge is 2.18. The molecule has 5 heteroatoms. The van der Waals surface area contributed by atoms with Crippen LogP contribution in [0.4, 0.5) is 5.69 Å². The van der Waals surface area contributed by atoms with E-state index in [1.54, 1.807) is 6.20 Å². The second-order valence-corrected chi connectivity index (χ2v) is 5.76. The highest BCUT2D eigenvalue weighted by molar-refractivity contribution is 7.21. The molecule has 2 rings (SSSR count). The average molecular weight is 277 g/mol. The zero-order chi connectivity index (χ0) is 13.8. The Morgan fingerprint density at radius 1 is 1.58 bits per heavy atom. The van der Waals surface area contributed by atoms with Crippen LogP contribution in [0.5, 0.6) is 0 Å². The number of fused-ring (bicyclic) bond motifs is 1. The SMILES string of the molecule is CCCCC(C)NC(=O)c1sc2cccnc2c1N. The fraction of sp³-hybridized carbons (Fsp3) is 0.429. The Kier molecular flexibility index (Phi) is 4.37. The van der Waals surface area contributed by atoms with Crippen molar-refractivity contribution in [3.05, 3.63) is 23.2 Å². The van der Waals surface area contributed by atoms with E-state index in [4.69, 9.17) is 5.73 Å². The van der Waals surface area contributed by atoms with Crippen LogP contribution >= 0.6 is 11.3 Å². The maximum absolute atomic E-state index is 12.2. The van der Waals surface area contributed by atoms with E-state index in [0.717, 1.165) is 29.5 Å². The van der Waals surface area contributed by atoms with Crippen LogP contribution in [0.2, 0.25) is 0 Å². The maximum atomic E-state index is 12.2. The predicted octanol–water partition coefficient (Wildman–Crippen LogP) is 3.19. The van der Waals surface area contributed by atoms with Crippen molar-refractivity contribution < 1.29 is 4.79 Å². The van der Waals surface area contributed by atoms with E-state index < -0.39 is 0 Å². The van der Waals surface area contributed by atoms with Gasteiger partial charge in [-0.1, -0.05) is 19.8 Å². The first-order chi connectivity index (χ1) is 9.13. The summed E-state index contributed by atoms with van der Waals surface area (Å²) in [6.45, 7) is 4.17. The van der Waals surface area contributed by atoms with Gasteiger partial charge in [-0.15, -0.1) is 11.3 Å². The molecule has 1 amide bonds. The number of nitrogens with one attached hydrogen (secondary N) is 1. The first-order valence-corrected chi connectivity index (χ1v) is 7.39. The second-order valence-electron chi connectivity index (χ2n) is 4.71. The Bertz CT molecular complexity index is 579. The number of nitrogens with two attached hydrogens (primary N) is 1. The van der Waals surface area contributed by atoms with E-state index in [0.29, 0.717) is 10.6 Å². The number of unbranched alkanes of at least 4 members (excludes halogenated alkanes) is 1. The summed E-state index contributed by atoms with van der Waals surface area (Å²) in [5, 5.41) is 3.00. The smallest absolute Gasteiger partial charge is 0.263 e. The molecule has 1 unspecified atom stereocenters. The summed E-state index contributed by atoms with van der Waals surface area (Å²) in [5.74, 6) is -0.0934. The Morgan fingerprint density at radius 2 is 2.37 bits per heavy atom. The fourth-order valence-corrected chi connectivity index (χ4v) is 2.97. The van der Waals surface area contributed by atoms with E-state index in [1.807, 2.05) is 19.1 Å². The summed E-state index contributed by atoms with van der Waals surface area (Å²) < 4.78 is 0.950. The van der Waals surface area contributed by atoms with Gasteiger partial charge in [-0.25, -0.2) is 0 Å². The van der Waals surface area contributed by atoms with Crippen molar-refractivity contribution in [3.63, 3.8) is 0 Å². The third-order valence-electron chi connectivity index (χ3n) is 3.06. The highest BCUT2D eigenvalue weighted by atomic mass is 32.1. The molecule has 3 N–H and O–H groups in total. The first kappa shape index (κ1) is 13.8. The van der Waals surface area contributed by atoms with Gasteiger partial charge >= 0.3 is 0 Å². The number of amides is 1. The van der Waals surface area contributed by atoms with Gasteiger partial charge in [0.25, 0.3) is 5.91 Å². The molecule has 0 aliphatic rings. The van der Waals surface area contributed by atoms with Crippen LogP contribution in [0.15, 0.2) is 18.3 Å². The van der Waals surface area contributed by atoms with Crippen LogP contribution in [0.1, 0.15) is 42.8 Å². The lowest BCUT2D eigenvalue weighted by molar-refractivity contribution is 0.0943. The molecule has 0 saturated heterocycles. The molecule has 0 fully saturated rings. The lowest BCUT2D eigenvalue weighted by atomic mass is 10.1. The third kappa shape index (κ3) is 3.04. The second kappa shape index (κ2) is 6.02. The number of carbonyl (C=O) groups excluding carboxylic acids is 1. The number of rotatable bonds is 5. The Balaban J connectivity index is 2.15. The normalized spacial score (nSPS) is 12.5. The number of nitrogens with zero attached hydrogens (tertiary/aromatic N) is 1. The minimum atomic E-state index is -0.0934. The number of nitrogen functional groups attached to an aromatic ring is 1. The standard InChI is InChI=1S/C14H19N3OS/c1-3-4-6-9(2)17-14(18)13-11(15)12-10(19-13)7-5-8-16-12/h5,7-9H,3-4,6,15H2,1-2H3,(H,17,18). The van der Waals surface area contributed by atoms with Gasteiger partial charge in [0.15, 0.2) is 0 Å². The molecule has 4 nitrogen and oxygen atoms in total. The van der Waals surface area contributed by atoms with E-state index in [1.165, 1.54) is 11.3 Å². The molecule has 2 heterocycles. The quantitative estimate of drug-likeness (QED) is 0.882. The number of thiophene rings is 1. The molecule has 0 saturated carbocycles. The summed E-state index contributed by atoms with van der Waals surface area (Å²) in [6.07, 6.45) is 4.93. The number of carbonyl (C=O) groups is 1. The molecule has 0 bridgehead atoms. The lowest BCUT2D eigenvalue weighted by Crippen LogP contribution is -2.32. The van der Waals surface area contributed by atoms with E-state index in [2.05, 4.69) is 17.2 Å². The fourth-order valence-electron chi connectivity index (χ4n) is 1.99. The summed E-state index contributed by atoms with van der Waals surface area (Å²) >= 11 is 1.40. The Labute approximate surface area is 117 Å². The highest BCUT2D eigenvalue weighted by Crippen LogP contribution is 2.31. The summed E-state index contributed by atoms with van der Waals surface area (Å²) in [7, 11) is 0. The number of anilines is 1. The average Bonchev–Trinajstić information content (AvgIpc) is 2.74. The topological polar surface area (TPSA) is 68.0 Å². The van der Waals surface area contributed by atoms with Crippen molar-refractivity contribution >= 4 is 33.1 Å². The van der Waals surface area contributed by atoms with Crippen molar-refractivity contribution in [2.45, 2.75) is 39.2 Å². The van der Waals surface area contributed by atoms with Gasteiger partial charge in [0, 0.05) is 12.2 Å². The molecule has 0 spiro atoms. The Morgan fingerprint density at radius 3 is 3.05 bits per heavy atom. The first-order valence-electron chi connectivity index (χ1n) is 6.57. The molecule has 0 aliphatic heterocycles. The van der Waals surface area contributed by atoms with E-state index in [9.17, 15) is 4.79 Å². The van der Waals surface area contributed by atoms with E-state index in [-0.39, 0.29) is 11.9 Å². The molecule has 2 aromatic heterocycles. The molecule has 0 radical (unpaired) electrons. The summed E-state index contributed by atoms with van der Waals surface area (Å²) in [4.78, 5) is 17.0. The summed E-state index contributed by atoms with van der Waals surface area (Å²) in [5.41, 5.74) is 7.21. The van der Waals surface area contributed by atoms with Crippen LogP contribution < -0.4 is 11.1 Å². The van der Waals surface area contributed by atoms with Gasteiger partial charge in [-0.3, -0.25) is 9.78 Å². The van der Waals surface area contributed by atoms with Crippen molar-refractivity contribution in [2.75, 3.05) is 5.73 Å². The minimum Gasteiger partial charge on any atom is -0.396 e. The maximum Gasteiger partial charge on any atom is 0.263 e. The van der Waals surface area contributed by atoms with Crippen molar-refractivity contribution in [2.24, 2.45) is 0 Å². The van der Waals surface area contributed by atoms with Gasteiger partial charge in [0.1, 0.15) is 10.4 Å². The molecular weight excluding hydrogens is 258 g/mol. The number of hydrogen-bond donors (Lipinski definition) is 2. The monoisotopic (exact) mass is 277 g/mol. The van der Waals surface area contributed by atoms with Gasteiger partial charge in [0.2, 0.25) is 0 Å². The van der Waals surface area contributed by atoms with Crippen molar-refractivity contribution in [3.8, 4) is 0 Å². The minimum absolute atomic E-state index is 0.0934. The van der Waals surface area contributed by atoms with Gasteiger partial charge < -0.3 is 11.1 Å². The molecule has 19 heavy (non-hydrogen) atoms. The predicted molar refractivity (Wildman–Crippen MR) is 80.5 cm³/mol. The largest absolute Gasteiger partial charge is 0.396 e. The van der Waals surface area contributed by atoms with Crippen LogP contribution in [-0.4, -0.2) is 16.9 Å². The van der Waals surface area contributed by atoms with Gasteiger partial charge in [-0.2, -0.15) is 0 Å². The van der Waals surface area contributed by atoms with Gasteiger partial charge in [0.05, 0.1) is 10.4 Å². The molecule has 2 aromatic rings. The van der Waals surface area contributed by atoms with Crippen LogP contribution in [0.25, 0.3) is 10.2 Å². The number of aromatic nitrogens is 1. The number of hydrogen-bond acceptors (Lipinski definition) is 4. The molecule has 0 aromatic carbocycles. The zero-order valence-electron chi connectivity index (χ0n) is 11.3. The molecule has 1 atom stereocenters. The van der Waals surface area contributed by atoms with Crippen molar-refractivity contribution in [1.29, 1.82) is 0 Å². The van der Waals surface area contributed by atoms with Crippen LogP contribution in [-0.2, 0) is 0 Å². The molecule has 102 valence electrons. The van der Waals surface area contributed by atoms with Gasteiger partial charge in [-0.05, 0) is 25.5 Å². The van der Waals surface area contributed by atoms with Crippen LogP contribution in [0, 0.1) is 0 Å².